The number of aromatic nitrogens is 4. The lowest BCUT2D eigenvalue weighted by Gasteiger charge is -2.24. The van der Waals surface area contributed by atoms with Crippen LogP contribution in [0.1, 0.15) is 56.1 Å². The van der Waals surface area contributed by atoms with Gasteiger partial charge in [0.15, 0.2) is 11.2 Å². The van der Waals surface area contributed by atoms with Crippen LogP contribution in [-0.2, 0) is 41.1 Å². The molecule has 2 aromatic heterocycles. The van der Waals surface area contributed by atoms with Crippen molar-refractivity contribution < 1.29 is 75.5 Å². The van der Waals surface area contributed by atoms with Crippen LogP contribution in [0.2, 0.25) is 0 Å². The number of hydrogen-bond donors (Lipinski definition) is 10. The number of amides is 2. The smallest absolute Gasteiger partial charge is 0.423 e. The van der Waals surface area contributed by atoms with Crippen molar-refractivity contribution in [3.63, 3.8) is 0 Å². The summed E-state index contributed by atoms with van der Waals surface area (Å²) in [6.07, 6.45) is -0.412. The van der Waals surface area contributed by atoms with Crippen LogP contribution in [0.3, 0.4) is 0 Å². The van der Waals surface area contributed by atoms with Gasteiger partial charge in [-0.1, -0.05) is 33.7 Å². The van der Waals surface area contributed by atoms with Crippen molar-refractivity contribution in [2.75, 3.05) is 31.4 Å². The van der Waals surface area contributed by atoms with Crippen LogP contribution in [0.15, 0.2) is 35.4 Å². The van der Waals surface area contributed by atoms with E-state index in [1.165, 1.54) is 56.7 Å². The Morgan fingerprint density at radius 3 is 2.46 bits per heavy atom. The van der Waals surface area contributed by atoms with Gasteiger partial charge < -0.3 is 55.5 Å². The zero-order valence-corrected chi connectivity index (χ0v) is 34.4. The standard InChI is InChI=1S/C27H41BN7O17P3S2/c1-27(2,13-31-20(36)5-3-4-10-30-24(37)16-6-8-17(9-7-16)28(39)40)57-56-15-48-18-11-21(35-14-32-22-23(35)33-26(29)34-25(22)38)50-19(18)12-49-54(44,45)52-55(46,47)51-53(41,42)43/h6-9,14,18-19,21,39-40H,3-5,10-13,15H2,1-2H3,(H,30,37)(H,31,36)(H,44,45)(H,46,47)(H2,41,42,43)(H3,29,33,34,38)/t18-,19-,21-/m1/s1. The van der Waals surface area contributed by atoms with E-state index in [1.54, 1.807) is 0 Å². The maximum atomic E-state index is 12.5. The highest BCUT2D eigenvalue weighted by molar-refractivity contribution is 8.77. The average Bonchev–Trinajstić information content (AvgIpc) is 3.70. The summed E-state index contributed by atoms with van der Waals surface area (Å²) in [5, 5.41) is 24.0. The second kappa shape index (κ2) is 20.1. The van der Waals surface area contributed by atoms with E-state index >= 15 is 0 Å². The number of phosphoric acid groups is 3. The second-order valence-electron chi connectivity index (χ2n) is 12.8. The van der Waals surface area contributed by atoms with E-state index in [-0.39, 0.29) is 53.2 Å². The summed E-state index contributed by atoms with van der Waals surface area (Å²) in [5.41, 5.74) is 5.69. The minimum absolute atomic E-state index is 0.0172. The van der Waals surface area contributed by atoms with Gasteiger partial charge in [0.05, 0.1) is 19.0 Å². The quantitative estimate of drug-likeness (QED) is 0.0212. The Labute approximate surface area is 332 Å². The Kier molecular flexibility index (Phi) is 16.5. The Morgan fingerprint density at radius 2 is 1.79 bits per heavy atom. The van der Waals surface area contributed by atoms with E-state index in [0.717, 1.165) is 0 Å². The summed E-state index contributed by atoms with van der Waals surface area (Å²) in [6, 6.07) is 5.83. The van der Waals surface area contributed by atoms with Crippen molar-refractivity contribution in [3.05, 3.63) is 46.5 Å². The predicted molar refractivity (Wildman–Crippen MR) is 205 cm³/mol. The molecule has 1 fully saturated rings. The first-order valence-electron chi connectivity index (χ1n) is 16.6. The van der Waals surface area contributed by atoms with Crippen LogP contribution < -0.4 is 27.4 Å². The van der Waals surface area contributed by atoms with Crippen molar-refractivity contribution in [1.82, 2.24) is 30.2 Å². The van der Waals surface area contributed by atoms with Crippen LogP contribution >= 0.6 is 45.1 Å². The number of rotatable bonds is 22. The zero-order chi connectivity index (χ0) is 42.2. The third-order valence-corrected chi connectivity index (χ3v) is 14.4. The van der Waals surface area contributed by atoms with E-state index in [4.69, 9.17) is 39.6 Å². The molecular formula is C27H41BN7O17P3S2. The van der Waals surface area contributed by atoms with Crippen LogP contribution in [0, 0.1) is 0 Å². The Balaban J connectivity index is 1.25. The Bertz CT molecular complexity index is 2070. The maximum absolute atomic E-state index is 12.5. The number of nitrogens with one attached hydrogen (secondary N) is 3. The number of H-pyrrole nitrogens is 1. The Hall–Kier alpha value is -2.68. The topological polar surface area (TPSA) is 367 Å². The third-order valence-electron chi connectivity index (χ3n) is 7.67. The molecule has 0 aliphatic carbocycles. The van der Waals surface area contributed by atoms with Gasteiger partial charge in [0.25, 0.3) is 11.5 Å². The maximum Gasteiger partial charge on any atom is 0.490 e. The summed E-state index contributed by atoms with van der Waals surface area (Å²) >= 11 is 0. The van der Waals surface area contributed by atoms with Crippen LogP contribution in [0.5, 0.6) is 0 Å². The van der Waals surface area contributed by atoms with Crippen molar-refractivity contribution in [2.24, 2.45) is 0 Å². The summed E-state index contributed by atoms with van der Waals surface area (Å²) in [5.74, 6) is -0.703. The number of nitrogens with zero attached hydrogens (tertiary/aromatic N) is 3. The number of unbranched alkanes of at least 4 members (excludes halogenated alkanes) is 1. The number of ether oxygens (including phenoxy) is 2. The normalized spacial score (nSPS) is 19.5. The van der Waals surface area contributed by atoms with E-state index in [0.29, 0.717) is 31.5 Å². The fraction of sp³-hybridized carbons (Fsp3) is 0.519. The molecule has 0 spiro atoms. The molecular weight excluding hydrogens is 862 g/mol. The lowest BCUT2D eigenvalue weighted by atomic mass is 9.80. The fourth-order valence-corrected chi connectivity index (χ4v) is 10.3. The molecule has 3 aromatic rings. The minimum Gasteiger partial charge on any atom is -0.423 e. The van der Waals surface area contributed by atoms with Crippen LogP contribution in [0.25, 0.3) is 11.2 Å². The summed E-state index contributed by atoms with van der Waals surface area (Å²) < 4.78 is 60.3. The van der Waals surface area contributed by atoms with E-state index < -0.39 is 65.9 Å². The molecule has 0 radical (unpaired) electrons. The number of aromatic amines is 1. The van der Waals surface area contributed by atoms with Crippen LogP contribution in [-0.4, -0.2) is 111 Å². The predicted octanol–water partition coefficient (Wildman–Crippen LogP) is 0.232. The van der Waals surface area contributed by atoms with Gasteiger partial charge >= 0.3 is 30.6 Å². The first-order chi connectivity index (χ1) is 26.5. The van der Waals surface area contributed by atoms with E-state index in [2.05, 4.69) is 34.2 Å². The lowest BCUT2D eigenvalue weighted by molar-refractivity contribution is -0.121. The molecule has 0 saturated carbocycles. The summed E-state index contributed by atoms with van der Waals surface area (Å²) in [7, 11) is -15.9. The van der Waals surface area contributed by atoms with Gasteiger partial charge in [0, 0.05) is 36.2 Å². The highest BCUT2D eigenvalue weighted by Crippen LogP contribution is 2.66. The molecule has 0 bridgehead atoms. The molecule has 2 unspecified atom stereocenters. The molecule has 4 rings (SSSR count). The molecule has 3 heterocycles. The summed E-state index contributed by atoms with van der Waals surface area (Å²) in [6.45, 7) is 3.60. The number of carbonyl (C=O) groups is 2. The number of carbonyl (C=O) groups excluding carboxylic acids is 2. The largest absolute Gasteiger partial charge is 0.490 e. The molecule has 2 amide bonds. The number of phosphoric ester groups is 1. The number of nitrogen functional groups attached to an aromatic ring is 1. The van der Waals surface area contributed by atoms with Gasteiger partial charge in [0.2, 0.25) is 11.9 Å². The van der Waals surface area contributed by atoms with Gasteiger partial charge in [-0.2, -0.15) is 13.6 Å². The Morgan fingerprint density at radius 1 is 1.09 bits per heavy atom. The number of hydrogen-bond acceptors (Lipinski definition) is 18. The number of fused-ring (bicyclic) bond motifs is 1. The molecule has 57 heavy (non-hydrogen) atoms. The molecule has 5 atom stereocenters. The first kappa shape index (κ1) is 47.0. The first-order valence-corrected chi connectivity index (χ1v) is 23.5. The number of nitrogens with two attached hydrogens (primary N) is 1. The molecule has 316 valence electrons. The lowest BCUT2D eigenvalue weighted by Crippen LogP contribution is -2.36. The number of anilines is 1. The molecule has 30 heteroatoms. The molecule has 1 aromatic carbocycles. The molecule has 1 aliphatic rings. The third kappa shape index (κ3) is 15.1. The zero-order valence-electron chi connectivity index (χ0n) is 30.1. The van der Waals surface area contributed by atoms with E-state index in [1.807, 2.05) is 13.8 Å². The highest BCUT2D eigenvalue weighted by atomic mass is 33.1. The summed E-state index contributed by atoms with van der Waals surface area (Å²) in [4.78, 5) is 84.5. The van der Waals surface area contributed by atoms with Gasteiger partial charge in [-0.3, -0.25) is 28.5 Å². The second-order valence-corrected chi connectivity index (χ2v) is 20.2. The van der Waals surface area contributed by atoms with Gasteiger partial charge in [-0.05, 0) is 44.3 Å². The number of imidazole rings is 1. The van der Waals surface area contributed by atoms with Gasteiger partial charge in [0.1, 0.15) is 18.3 Å². The monoisotopic (exact) mass is 903 g/mol. The SMILES string of the molecule is CC(C)(CNC(=O)CCCCNC(=O)c1ccc(B(O)O)cc1)SSCO[C@@H]1C[C@H](n2cnc3c(=O)[nH]c(N)nc32)O[C@@H]1COP(=O)(O)OP(=O)(O)OP(=O)(O)O. The van der Waals surface area contributed by atoms with Crippen molar-refractivity contribution >= 4 is 86.6 Å². The highest BCUT2D eigenvalue weighted by Gasteiger charge is 2.44. The minimum atomic E-state index is -5.77. The van der Waals surface area contributed by atoms with Crippen molar-refractivity contribution in [3.8, 4) is 0 Å². The fourth-order valence-electron chi connectivity index (χ4n) is 5.07. The molecule has 1 saturated heterocycles. The molecule has 24 nitrogen and oxygen atoms in total. The van der Waals surface area contributed by atoms with Gasteiger partial charge in [-0.25, -0.2) is 18.7 Å². The molecule has 1 aliphatic heterocycles. The van der Waals surface area contributed by atoms with Crippen molar-refractivity contribution in [1.29, 1.82) is 0 Å². The molecule has 11 N–H and O–H groups in total. The van der Waals surface area contributed by atoms with Crippen molar-refractivity contribution in [2.45, 2.75) is 62.7 Å². The van der Waals surface area contributed by atoms with Crippen LogP contribution in [0.4, 0.5) is 5.95 Å². The van der Waals surface area contributed by atoms with E-state index in [9.17, 15) is 37.9 Å². The van der Waals surface area contributed by atoms with Gasteiger partial charge in [-0.15, -0.1) is 0 Å². The number of benzene rings is 1. The average molecular weight is 904 g/mol.